The van der Waals surface area contributed by atoms with Crippen LogP contribution in [-0.2, 0) is 11.2 Å². The highest BCUT2D eigenvalue weighted by Crippen LogP contribution is 2.30. The predicted molar refractivity (Wildman–Crippen MR) is 106 cm³/mol. The van der Waals surface area contributed by atoms with Gasteiger partial charge in [0.15, 0.2) is 5.82 Å². The van der Waals surface area contributed by atoms with Crippen LogP contribution in [-0.4, -0.2) is 35.9 Å². The summed E-state index contributed by atoms with van der Waals surface area (Å²) in [5, 5.41) is 3.90. The van der Waals surface area contributed by atoms with Crippen molar-refractivity contribution in [2.45, 2.75) is 19.8 Å². The molecule has 27 heavy (non-hydrogen) atoms. The third-order valence-electron chi connectivity index (χ3n) is 4.24. The Balaban J connectivity index is 2.13. The van der Waals surface area contributed by atoms with Crippen molar-refractivity contribution in [3.8, 4) is 11.7 Å². The van der Waals surface area contributed by atoms with E-state index in [9.17, 15) is 4.79 Å². The molecule has 2 heterocycles. The molecule has 0 radical (unpaired) electrons. The highest BCUT2D eigenvalue weighted by atomic mass is 16.5. The van der Waals surface area contributed by atoms with Gasteiger partial charge in [-0.1, -0.05) is 18.2 Å². The van der Waals surface area contributed by atoms with Gasteiger partial charge in [0.2, 0.25) is 5.88 Å². The summed E-state index contributed by atoms with van der Waals surface area (Å²) in [6.07, 6.45) is 3.28. The van der Waals surface area contributed by atoms with Gasteiger partial charge >= 0.3 is 6.09 Å². The molecule has 3 aromatic rings. The predicted octanol–water partition coefficient (Wildman–Crippen LogP) is 3.49. The summed E-state index contributed by atoms with van der Waals surface area (Å²) in [4.78, 5) is 16.5. The van der Waals surface area contributed by atoms with Gasteiger partial charge in [-0.2, -0.15) is 4.98 Å². The first kappa shape index (κ1) is 18.7. The second kappa shape index (κ2) is 8.55. The van der Waals surface area contributed by atoms with Gasteiger partial charge in [-0.3, -0.25) is 9.88 Å². The van der Waals surface area contributed by atoms with E-state index in [1.807, 2.05) is 29.0 Å². The quantitative estimate of drug-likeness (QED) is 0.666. The normalized spacial score (nSPS) is 10.8. The van der Waals surface area contributed by atoms with Crippen LogP contribution in [0, 0.1) is 0 Å². The second-order valence-electron chi connectivity index (χ2n) is 6.00. The highest BCUT2D eigenvalue weighted by Gasteiger charge is 2.16. The monoisotopic (exact) mass is 368 g/mol. The van der Waals surface area contributed by atoms with Gasteiger partial charge in [0.1, 0.15) is 0 Å². The minimum atomic E-state index is -0.523. The van der Waals surface area contributed by atoms with E-state index in [-0.39, 0.29) is 0 Å². The SMILES string of the molecule is CCOC(=O)Nc1ccc(OC)nc1-n1cc(CCCN)c2ccccc21. The molecule has 0 spiro atoms. The van der Waals surface area contributed by atoms with Gasteiger partial charge in [0.25, 0.3) is 0 Å². The Morgan fingerprint density at radius 2 is 2.07 bits per heavy atom. The van der Waals surface area contributed by atoms with E-state index in [1.165, 1.54) is 5.56 Å². The lowest BCUT2D eigenvalue weighted by molar-refractivity contribution is 0.168. The number of amides is 1. The largest absolute Gasteiger partial charge is 0.481 e. The molecule has 1 amide bonds. The van der Waals surface area contributed by atoms with Gasteiger partial charge in [-0.05, 0) is 44.0 Å². The van der Waals surface area contributed by atoms with Gasteiger partial charge < -0.3 is 15.2 Å². The summed E-state index contributed by atoms with van der Waals surface area (Å²) in [6, 6.07) is 11.5. The van der Waals surface area contributed by atoms with Crippen LogP contribution >= 0.6 is 0 Å². The number of ether oxygens (including phenoxy) is 2. The van der Waals surface area contributed by atoms with Crippen molar-refractivity contribution in [3.05, 3.63) is 48.2 Å². The van der Waals surface area contributed by atoms with Crippen LogP contribution in [0.4, 0.5) is 10.5 Å². The van der Waals surface area contributed by atoms with E-state index in [1.54, 1.807) is 26.2 Å². The van der Waals surface area contributed by atoms with Crippen molar-refractivity contribution in [1.29, 1.82) is 0 Å². The van der Waals surface area contributed by atoms with Crippen molar-refractivity contribution < 1.29 is 14.3 Å². The molecule has 0 unspecified atom stereocenters. The van der Waals surface area contributed by atoms with Crippen LogP contribution in [0.1, 0.15) is 18.9 Å². The van der Waals surface area contributed by atoms with E-state index in [0.717, 1.165) is 23.7 Å². The Morgan fingerprint density at radius 1 is 1.26 bits per heavy atom. The number of nitrogens with one attached hydrogen (secondary N) is 1. The Bertz CT molecular complexity index is 936. The van der Waals surface area contributed by atoms with Gasteiger partial charge in [-0.15, -0.1) is 0 Å². The molecule has 0 aliphatic rings. The fourth-order valence-corrected chi connectivity index (χ4v) is 3.02. The van der Waals surface area contributed by atoms with E-state index in [4.69, 9.17) is 15.2 Å². The molecular formula is C20H24N4O3. The van der Waals surface area contributed by atoms with Crippen molar-refractivity contribution in [2.75, 3.05) is 25.6 Å². The van der Waals surface area contributed by atoms with Crippen LogP contribution in [0.25, 0.3) is 16.7 Å². The van der Waals surface area contributed by atoms with Crippen LogP contribution in [0.15, 0.2) is 42.6 Å². The number of hydrogen-bond acceptors (Lipinski definition) is 5. The van der Waals surface area contributed by atoms with E-state index >= 15 is 0 Å². The number of rotatable bonds is 7. The van der Waals surface area contributed by atoms with Gasteiger partial charge in [-0.25, -0.2) is 4.79 Å². The number of hydrogen-bond donors (Lipinski definition) is 2. The highest BCUT2D eigenvalue weighted by molar-refractivity contribution is 5.90. The molecule has 0 saturated carbocycles. The first-order valence-electron chi connectivity index (χ1n) is 8.96. The Kier molecular flexibility index (Phi) is 5.93. The maximum absolute atomic E-state index is 11.9. The molecule has 0 aliphatic heterocycles. The molecule has 0 atom stereocenters. The summed E-state index contributed by atoms with van der Waals surface area (Å²) < 4.78 is 12.3. The van der Waals surface area contributed by atoms with Crippen LogP contribution < -0.4 is 15.8 Å². The summed E-state index contributed by atoms with van der Waals surface area (Å²) in [5.41, 5.74) is 8.41. The number of carbonyl (C=O) groups excluding carboxylic acids is 1. The van der Waals surface area contributed by atoms with Crippen LogP contribution in [0.3, 0.4) is 0 Å². The third kappa shape index (κ3) is 4.03. The average molecular weight is 368 g/mol. The minimum absolute atomic E-state index is 0.292. The molecule has 7 heteroatoms. The molecule has 3 N–H and O–H groups in total. The zero-order valence-electron chi connectivity index (χ0n) is 15.6. The van der Waals surface area contributed by atoms with E-state index in [0.29, 0.717) is 30.5 Å². The molecule has 0 bridgehead atoms. The lowest BCUT2D eigenvalue weighted by Crippen LogP contribution is -2.15. The van der Waals surface area contributed by atoms with Crippen molar-refractivity contribution >= 4 is 22.7 Å². The fraction of sp³-hybridized carbons (Fsp3) is 0.300. The Morgan fingerprint density at radius 3 is 2.81 bits per heavy atom. The Hall–Kier alpha value is -3.06. The first-order valence-corrected chi connectivity index (χ1v) is 8.96. The number of benzene rings is 1. The lowest BCUT2D eigenvalue weighted by Gasteiger charge is -2.13. The maximum Gasteiger partial charge on any atom is 0.411 e. The summed E-state index contributed by atoms with van der Waals surface area (Å²) in [7, 11) is 1.56. The number of methoxy groups -OCH3 is 1. The smallest absolute Gasteiger partial charge is 0.411 e. The number of carbonyl (C=O) groups is 1. The van der Waals surface area contributed by atoms with E-state index < -0.39 is 6.09 Å². The number of para-hydroxylation sites is 1. The number of aryl methyl sites for hydroxylation is 1. The number of nitrogens with two attached hydrogens (primary N) is 1. The lowest BCUT2D eigenvalue weighted by atomic mass is 10.1. The third-order valence-corrected chi connectivity index (χ3v) is 4.24. The molecule has 3 rings (SSSR count). The number of anilines is 1. The molecule has 142 valence electrons. The molecule has 7 nitrogen and oxygen atoms in total. The number of fused-ring (bicyclic) bond motifs is 1. The fourth-order valence-electron chi connectivity index (χ4n) is 3.02. The summed E-state index contributed by atoms with van der Waals surface area (Å²) >= 11 is 0. The maximum atomic E-state index is 11.9. The Labute approximate surface area is 158 Å². The van der Waals surface area contributed by atoms with Crippen LogP contribution in [0.5, 0.6) is 5.88 Å². The molecule has 0 saturated heterocycles. The van der Waals surface area contributed by atoms with Gasteiger partial charge in [0.05, 0.1) is 24.9 Å². The zero-order chi connectivity index (χ0) is 19.2. The number of nitrogens with zero attached hydrogens (tertiary/aromatic N) is 2. The van der Waals surface area contributed by atoms with Crippen molar-refractivity contribution in [3.63, 3.8) is 0 Å². The zero-order valence-corrected chi connectivity index (χ0v) is 15.6. The topological polar surface area (TPSA) is 91.4 Å². The molecular weight excluding hydrogens is 344 g/mol. The molecule has 0 aliphatic carbocycles. The molecule has 2 aromatic heterocycles. The summed E-state index contributed by atoms with van der Waals surface area (Å²) in [5.74, 6) is 1.03. The van der Waals surface area contributed by atoms with Crippen LogP contribution in [0.2, 0.25) is 0 Å². The minimum Gasteiger partial charge on any atom is -0.481 e. The van der Waals surface area contributed by atoms with E-state index in [2.05, 4.69) is 16.4 Å². The average Bonchev–Trinajstić information content (AvgIpc) is 3.05. The number of pyridine rings is 1. The molecule has 0 fully saturated rings. The second-order valence-corrected chi connectivity index (χ2v) is 6.00. The standard InChI is InChI=1S/C20H24N4O3/c1-3-27-20(25)22-16-10-11-18(26-2)23-19(16)24-13-14(7-6-12-21)15-8-4-5-9-17(15)24/h4-5,8-11,13H,3,6-7,12,21H2,1-2H3,(H,22,25). The molecule has 1 aromatic carbocycles. The van der Waals surface area contributed by atoms with Crippen molar-refractivity contribution in [1.82, 2.24) is 9.55 Å². The van der Waals surface area contributed by atoms with Crippen molar-refractivity contribution in [2.24, 2.45) is 5.73 Å². The number of aromatic nitrogens is 2. The first-order chi connectivity index (χ1) is 13.2. The summed E-state index contributed by atoms with van der Waals surface area (Å²) in [6.45, 7) is 2.68. The van der Waals surface area contributed by atoms with Gasteiger partial charge in [0, 0.05) is 17.6 Å².